The Labute approximate surface area is 105 Å². The van der Waals surface area contributed by atoms with Gasteiger partial charge in [0, 0.05) is 18.0 Å². The molecule has 90 valence electrons. The maximum Gasteiger partial charge on any atom is 0.143 e. The van der Waals surface area contributed by atoms with Gasteiger partial charge in [-0.15, -0.1) is 0 Å². The zero-order valence-corrected chi connectivity index (χ0v) is 10.4. The molecule has 0 aliphatic rings. The molecule has 3 rings (SSSR count). The third kappa shape index (κ3) is 1.48. The molecule has 0 fully saturated rings. The van der Waals surface area contributed by atoms with Crippen LogP contribution in [0.3, 0.4) is 0 Å². The molecule has 1 N–H and O–H groups in total. The number of hydrogen-bond acceptors (Lipinski definition) is 2. The van der Waals surface area contributed by atoms with E-state index in [0.717, 1.165) is 16.6 Å². The van der Waals surface area contributed by atoms with Crippen LogP contribution in [0.2, 0.25) is 0 Å². The normalized spacial score (nSPS) is 11.0. The number of hydrogen-bond donors (Lipinski definition) is 1. The molecule has 0 radical (unpaired) electrons. The lowest BCUT2D eigenvalue weighted by Crippen LogP contribution is -1.94. The maximum atomic E-state index is 9.85. The zero-order chi connectivity index (χ0) is 12.7. The number of fused-ring (bicyclic) bond motifs is 1. The third-order valence-electron chi connectivity index (χ3n) is 3.24. The van der Waals surface area contributed by atoms with Crippen LogP contribution in [0.15, 0.2) is 42.5 Å². The Morgan fingerprint density at radius 1 is 1.06 bits per heavy atom. The molecular weight excluding hydrogens is 224 g/mol. The molecule has 3 heteroatoms. The molecule has 1 aromatic heterocycles. The first-order valence-electron chi connectivity index (χ1n) is 5.89. The van der Waals surface area contributed by atoms with Gasteiger partial charge in [-0.25, -0.2) is 0 Å². The zero-order valence-electron chi connectivity index (χ0n) is 10.4. The van der Waals surface area contributed by atoms with Gasteiger partial charge in [0.1, 0.15) is 11.3 Å². The molecule has 0 bridgehead atoms. The van der Waals surface area contributed by atoms with Crippen molar-refractivity contribution < 1.29 is 5.11 Å². The standard InChI is InChI=1S/C15H14N2O/c1-10-6-3-4-7-11(10)15-12-8-5-9-13(18)14(12)16-17(15)2/h3-9,18H,1-2H3. The van der Waals surface area contributed by atoms with Crippen molar-refractivity contribution >= 4 is 10.9 Å². The van der Waals surface area contributed by atoms with E-state index >= 15 is 0 Å². The summed E-state index contributed by atoms with van der Waals surface area (Å²) in [7, 11) is 1.90. The number of nitrogens with zero attached hydrogens (tertiary/aromatic N) is 2. The van der Waals surface area contributed by atoms with Gasteiger partial charge in [-0.3, -0.25) is 4.68 Å². The number of phenolic OH excluding ortho intramolecular Hbond substituents is 1. The highest BCUT2D eigenvalue weighted by atomic mass is 16.3. The van der Waals surface area contributed by atoms with Crippen molar-refractivity contribution in [3.63, 3.8) is 0 Å². The summed E-state index contributed by atoms with van der Waals surface area (Å²) in [5.74, 6) is 0.225. The highest BCUT2D eigenvalue weighted by Gasteiger charge is 2.14. The lowest BCUT2D eigenvalue weighted by atomic mass is 10.0. The Balaban J connectivity index is 2.40. The topological polar surface area (TPSA) is 38.1 Å². The fourth-order valence-electron chi connectivity index (χ4n) is 2.36. The molecule has 3 aromatic rings. The Hall–Kier alpha value is -2.29. The third-order valence-corrected chi connectivity index (χ3v) is 3.24. The quantitative estimate of drug-likeness (QED) is 0.706. The van der Waals surface area contributed by atoms with Crippen molar-refractivity contribution in [3.05, 3.63) is 48.0 Å². The van der Waals surface area contributed by atoms with Crippen molar-refractivity contribution in [1.29, 1.82) is 0 Å². The first kappa shape index (κ1) is 10.8. The minimum Gasteiger partial charge on any atom is -0.506 e. The van der Waals surface area contributed by atoms with E-state index in [1.807, 2.05) is 36.0 Å². The van der Waals surface area contributed by atoms with Gasteiger partial charge in [0.25, 0.3) is 0 Å². The van der Waals surface area contributed by atoms with E-state index in [4.69, 9.17) is 0 Å². The molecule has 18 heavy (non-hydrogen) atoms. The number of benzene rings is 2. The van der Waals surface area contributed by atoms with Gasteiger partial charge in [-0.2, -0.15) is 5.10 Å². The van der Waals surface area contributed by atoms with Crippen LogP contribution >= 0.6 is 0 Å². The molecule has 0 saturated heterocycles. The van der Waals surface area contributed by atoms with Gasteiger partial charge in [-0.1, -0.05) is 36.4 Å². The van der Waals surface area contributed by atoms with Crippen molar-refractivity contribution in [3.8, 4) is 17.0 Å². The first-order chi connectivity index (χ1) is 8.68. The molecule has 1 heterocycles. The van der Waals surface area contributed by atoms with Crippen LogP contribution in [0.1, 0.15) is 5.56 Å². The summed E-state index contributed by atoms with van der Waals surface area (Å²) in [4.78, 5) is 0. The molecule has 0 atom stereocenters. The number of rotatable bonds is 1. The van der Waals surface area contributed by atoms with E-state index in [9.17, 15) is 5.11 Å². The number of aromatic nitrogens is 2. The van der Waals surface area contributed by atoms with Gasteiger partial charge in [0.2, 0.25) is 0 Å². The van der Waals surface area contributed by atoms with Crippen LogP contribution in [0.4, 0.5) is 0 Å². The average molecular weight is 238 g/mol. The Morgan fingerprint density at radius 2 is 1.83 bits per heavy atom. The second kappa shape index (κ2) is 3.88. The molecule has 0 amide bonds. The number of phenols is 1. The molecule has 2 aromatic carbocycles. The van der Waals surface area contributed by atoms with Crippen LogP contribution in [0.5, 0.6) is 5.75 Å². The Morgan fingerprint density at radius 3 is 2.61 bits per heavy atom. The summed E-state index contributed by atoms with van der Waals surface area (Å²) in [6, 6.07) is 13.7. The van der Waals surface area contributed by atoms with E-state index in [1.165, 1.54) is 5.56 Å². The van der Waals surface area contributed by atoms with Crippen molar-refractivity contribution in [1.82, 2.24) is 9.78 Å². The van der Waals surface area contributed by atoms with E-state index < -0.39 is 0 Å². The maximum absolute atomic E-state index is 9.85. The van der Waals surface area contributed by atoms with Crippen molar-refractivity contribution in [2.45, 2.75) is 6.92 Å². The van der Waals surface area contributed by atoms with Crippen LogP contribution in [0.25, 0.3) is 22.2 Å². The van der Waals surface area contributed by atoms with Crippen LogP contribution in [-0.2, 0) is 7.05 Å². The lowest BCUT2D eigenvalue weighted by Gasteiger charge is -2.06. The number of aryl methyl sites for hydroxylation is 2. The van der Waals surface area contributed by atoms with Crippen molar-refractivity contribution in [2.24, 2.45) is 7.05 Å². The van der Waals surface area contributed by atoms with Crippen LogP contribution in [-0.4, -0.2) is 14.9 Å². The van der Waals surface area contributed by atoms with Crippen molar-refractivity contribution in [2.75, 3.05) is 0 Å². The van der Waals surface area contributed by atoms with E-state index in [1.54, 1.807) is 6.07 Å². The fourth-order valence-corrected chi connectivity index (χ4v) is 2.36. The van der Waals surface area contributed by atoms with E-state index in [0.29, 0.717) is 5.52 Å². The van der Waals surface area contributed by atoms with Crippen LogP contribution < -0.4 is 0 Å². The SMILES string of the molecule is Cc1ccccc1-c1c2cccc(O)c2nn1C. The predicted molar refractivity (Wildman–Crippen MR) is 72.6 cm³/mol. The Kier molecular flexibility index (Phi) is 2.33. The molecule has 0 aliphatic carbocycles. The summed E-state index contributed by atoms with van der Waals surface area (Å²) in [5, 5.41) is 15.2. The minimum atomic E-state index is 0.225. The second-order valence-corrected chi connectivity index (χ2v) is 4.46. The van der Waals surface area contributed by atoms with Gasteiger partial charge in [0.05, 0.1) is 5.69 Å². The van der Waals surface area contributed by atoms with Gasteiger partial charge >= 0.3 is 0 Å². The monoisotopic (exact) mass is 238 g/mol. The summed E-state index contributed by atoms with van der Waals surface area (Å²) in [5.41, 5.74) is 4.04. The number of aromatic hydroxyl groups is 1. The summed E-state index contributed by atoms with van der Waals surface area (Å²) >= 11 is 0. The second-order valence-electron chi connectivity index (χ2n) is 4.46. The molecule has 0 saturated carbocycles. The van der Waals surface area contributed by atoms with Gasteiger partial charge in [0.15, 0.2) is 0 Å². The summed E-state index contributed by atoms with van der Waals surface area (Å²) < 4.78 is 1.83. The predicted octanol–water partition coefficient (Wildman–Crippen LogP) is 3.25. The van der Waals surface area contributed by atoms with Gasteiger partial charge in [-0.05, 0) is 18.6 Å². The molecule has 3 nitrogen and oxygen atoms in total. The lowest BCUT2D eigenvalue weighted by molar-refractivity contribution is 0.479. The van der Waals surface area contributed by atoms with E-state index in [2.05, 4.69) is 24.2 Å². The molecule has 0 spiro atoms. The molecule has 0 unspecified atom stereocenters. The summed E-state index contributed by atoms with van der Waals surface area (Å²) in [6.07, 6.45) is 0. The summed E-state index contributed by atoms with van der Waals surface area (Å²) in [6.45, 7) is 2.08. The van der Waals surface area contributed by atoms with Crippen LogP contribution in [0, 0.1) is 6.92 Å². The minimum absolute atomic E-state index is 0.225. The molecule has 0 aliphatic heterocycles. The fraction of sp³-hybridized carbons (Fsp3) is 0.133. The average Bonchev–Trinajstić information content (AvgIpc) is 2.68. The highest BCUT2D eigenvalue weighted by Crippen LogP contribution is 2.33. The first-order valence-corrected chi connectivity index (χ1v) is 5.89. The smallest absolute Gasteiger partial charge is 0.143 e. The highest BCUT2D eigenvalue weighted by molar-refractivity contribution is 5.96. The largest absolute Gasteiger partial charge is 0.506 e. The molecular formula is C15H14N2O. The Bertz CT molecular complexity index is 728. The van der Waals surface area contributed by atoms with E-state index in [-0.39, 0.29) is 5.75 Å². The van der Waals surface area contributed by atoms with Gasteiger partial charge < -0.3 is 5.11 Å².